The highest BCUT2D eigenvalue weighted by Crippen LogP contribution is 2.15. The molecule has 0 aliphatic rings. The van der Waals surface area contributed by atoms with Crippen LogP contribution in [0.25, 0.3) is 0 Å². The SMILES string of the molecule is O=C(NNS(=O)(=O)c1cccc(Br)c1)c1ccc(F)cc1. The third-order valence-electron chi connectivity index (χ3n) is 2.51. The van der Waals surface area contributed by atoms with E-state index in [1.165, 1.54) is 24.3 Å². The normalized spacial score (nSPS) is 11.1. The van der Waals surface area contributed by atoms with Crippen molar-refractivity contribution in [2.24, 2.45) is 0 Å². The van der Waals surface area contributed by atoms with E-state index in [4.69, 9.17) is 0 Å². The first-order chi connectivity index (χ1) is 9.88. The molecule has 0 bridgehead atoms. The number of halogens is 2. The molecule has 8 heteroatoms. The van der Waals surface area contributed by atoms with Crippen molar-refractivity contribution in [3.8, 4) is 0 Å². The van der Waals surface area contributed by atoms with Crippen LogP contribution in [-0.4, -0.2) is 14.3 Å². The van der Waals surface area contributed by atoms with Gasteiger partial charge in [-0.15, -0.1) is 4.83 Å². The molecule has 21 heavy (non-hydrogen) atoms. The third-order valence-corrected chi connectivity index (χ3v) is 4.25. The molecule has 2 aromatic carbocycles. The molecule has 0 radical (unpaired) electrons. The number of hydrogen-bond acceptors (Lipinski definition) is 3. The minimum absolute atomic E-state index is 0.00344. The number of nitrogens with one attached hydrogen (secondary N) is 2. The van der Waals surface area contributed by atoms with Crippen molar-refractivity contribution in [1.82, 2.24) is 10.3 Å². The maximum absolute atomic E-state index is 12.7. The maximum atomic E-state index is 12.7. The highest BCUT2D eigenvalue weighted by molar-refractivity contribution is 9.10. The molecule has 0 atom stereocenters. The van der Waals surface area contributed by atoms with E-state index < -0.39 is 21.7 Å². The molecule has 0 aliphatic heterocycles. The Morgan fingerprint density at radius 3 is 2.38 bits per heavy atom. The number of hydrogen-bond donors (Lipinski definition) is 2. The van der Waals surface area contributed by atoms with Gasteiger partial charge in [0.15, 0.2) is 0 Å². The summed E-state index contributed by atoms with van der Waals surface area (Å²) < 4.78 is 37.3. The molecule has 2 aromatic rings. The van der Waals surface area contributed by atoms with Gasteiger partial charge < -0.3 is 0 Å². The molecule has 0 saturated heterocycles. The topological polar surface area (TPSA) is 75.3 Å². The van der Waals surface area contributed by atoms with Crippen molar-refractivity contribution >= 4 is 31.9 Å². The van der Waals surface area contributed by atoms with E-state index in [1.807, 2.05) is 4.83 Å². The summed E-state index contributed by atoms with van der Waals surface area (Å²) in [6, 6.07) is 10.7. The predicted octanol–water partition coefficient (Wildman–Crippen LogP) is 2.21. The molecule has 5 nitrogen and oxygen atoms in total. The van der Waals surface area contributed by atoms with E-state index in [-0.39, 0.29) is 10.5 Å². The molecular formula is C13H10BrFN2O3S. The van der Waals surface area contributed by atoms with E-state index in [9.17, 15) is 17.6 Å². The minimum Gasteiger partial charge on any atom is -0.273 e. The fourth-order valence-electron chi connectivity index (χ4n) is 1.48. The first-order valence-electron chi connectivity index (χ1n) is 5.72. The lowest BCUT2D eigenvalue weighted by Gasteiger charge is -2.08. The molecule has 0 unspecified atom stereocenters. The van der Waals surface area contributed by atoms with Gasteiger partial charge in [0.05, 0.1) is 4.90 Å². The molecule has 0 aliphatic carbocycles. The molecule has 2 N–H and O–H groups in total. The molecule has 0 fully saturated rings. The standard InChI is InChI=1S/C13H10BrFN2O3S/c14-10-2-1-3-12(8-10)21(19,20)17-16-13(18)9-4-6-11(15)7-5-9/h1-8,17H,(H,16,18). The van der Waals surface area contributed by atoms with Gasteiger partial charge >= 0.3 is 0 Å². The van der Waals surface area contributed by atoms with Crippen LogP contribution in [0.4, 0.5) is 4.39 Å². The molecule has 0 aromatic heterocycles. The number of amides is 1. The number of carbonyl (C=O) groups excluding carboxylic acids is 1. The average molecular weight is 373 g/mol. The monoisotopic (exact) mass is 372 g/mol. The summed E-state index contributed by atoms with van der Waals surface area (Å²) in [6.45, 7) is 0. The number of rotatable bonds is 4. The summed E-state index contributed by atoms with van der Waals surface area (Å²) >= 11 is 3.16. The van der Waals surface area contributed by atoms with Crippen molar-refractivity contribution in [2.45, 2.75) is 4.90 Å². The second-order valence-electron chi connectivity index (χ2n) is 4.02. The Morgan fingerprint density at radius 2 is 1.76 bits per heavy atom. The Kier molecular flexibility index (Phi) is 4.71. The van der Waals surface area contributed by atoms with Crippen molar-refractivity contribution in [3.63, 3.8) is 0 Å². The van der Waals surface area contributed by atoms with Crippen LogP contribution in [0.2, 0.25) is 0 Å². The Labute approximate surface area is 129 Å². The van der Waals surface area contributed by atoms with Crippen molar-refractivity contribution in [3.05, 3.63) is 64.4 Å². The van der Waals surface area contributed by atoms with E-state index in [2.05, 4.69) is 21.4 Å². The molecule has 0 saturated carbocycles. The van der Waals surface area contributed by atoms with Gasteiger partial charge in [0.1, 0.15) is 5.82 Å². The first-order valence-corrected chi connectivity index (χ1v) is 7.99. The van der Waals surface area contributed by atoms with Gasteiger partial charge in [0, 0.05) is 10.0 Å². The second kappa shape index (κ2) is 6.33. The Morgan fingerprint density at radius 1 is 1.10 bits per heavy atom. The van der Waals surface area contributed by atoms with Crippen molar-refractivity contribution < 1.29 is 17.6 Å². The highest BCUT2D eigenvalue weighted by atomic mass is 79.9. The zero-order valence-electron chi connectivity index (χ0n) is 10.5. The lowest BCUT2D eigenvalue weighted by molar-refractivity contribution is 0.0945. The van der Waals surface area contributed by atoms with Gasteiger partial charge in [-0.2, -0.15) is 0 Å². The smallest absolute Gasteiger partial charge is 0.266 e. The number of carbonyl (C=O) groups is 1. The van der Waals surface area contributed by atoms with Crippen LogP contribution in [0, 0.1) is 5.82 Å². The van der Waals surface area contributed by atoms with Gasteiger partial charge in [-0.25, -0.2) is 12.8 Å². The van der Waals surface area contributed by atoms with Crippen molar-refractivity contribution in [2.75, 3.05) is 0 Å². The lowest BCUT2D eigenvalue weighted by Crippen LogP contribution is -2.41. The lowest BCUT2D eigenvalue weighted by atomic mass is 10.2. The summed E-state index contributed by atoms with van der Waals surface area (Å²) in [4.78, 5) is 13.7. The number of sulfonamides is 1. The van der Waals surface area contributed by atoms with Crippen LogP contribution in [0.3, 0.4) is 0 Å². The van der Waals surface area contributed by atoms with Crippen LogP contribution < -0.4 is 10.3 Å². The largest absolute Gasteiger partial charge is 0.273 e. The van der Waals surface area contributed by atoms with Crippen molar-refractivity contribution in [1.29, 1.82) is 0 Å². The Balaban J connectivity index is 2.08. The van der Waals surface area contributed by atoms with Crippen LogP contribution in [-0.2, 0) is 10.0 Å². The second-order valence-corrected chi connectivity index (χ2v) is 6.62. The molecule has 110 valence electrons. The van der Waals surface area contributed by atoms with E-state index in [1.54, 1.807) is 12.1 Å². The third kappa shape index (κ3) is 4.10. The summed E-state index contributed by atoms with van der Waals surface area (Å²) in [5.74, 6) is -1.17. The summed E-state index contributed by atoms with van der Waals surface area (Å²) in [5.41, 5.74) is 2.19. The summed E-state index contributed by atoms with van der Waals surface area (Å²) in [6.07, 6.45) is 0. The molecule has 0 spiro atoms. The fourth-order valence-corrected chi connectivity index (χ4v) is 2.92. The van der Waals surface area contributed by atoms with E-state index in [0.29, 0.717) is 4.47 Å². The fraction of sp³-hybridized carbons (Fsp3) is 0. The van der Waals surface area contributed by atoms with E-state index >= 15 is 0 Å². The molecule has 2 rings (SSSR count). The van der Waals surface area contributed by atoms with Gasteiger partial charge in [0.25, 0.3) is 15.9 Å². The van der Waals surface area contributed by atoms with E-state index in [0.717, 1.165) is 12.1 Å². The van der Waals surface area contributed by atoms with Gasteiger partial charge in [-0.1, -0.05) is 22.0 Å². The van der Waals surface area contributed by atoms with Crippen LogP contribution >= 0.6 is 15.9 Å². The zero-order valence-corrected chi connectivity index (χ0v) is 12.9. The van der Waals surface area contributed by atoms with Crippen LogP contribution in [0.1, 0.15) is 10.4 Å². The summed E-state index contributed by atoms with van der Waals surface area (Å²) in [7, 11) is -3.88. The highest BCUT2D eigenvalue weighted by Gasteiger charge is 2.15. The van der Waals surface area contributed by atoms with Crippen LogP contribution in [0.15, 0.2) is 57.9 Å². The molecule has 1 amide bonds. The Hall–Kier alpha value is -1.77. The molecule has 0 heterocycles. The average Bonchev–Trinajstić information content (AvgIpc) is 2.45. The maximum Gasteiger partial charge on any atom is 0.266 e. The van der Waals surface area contributed by atoms with Gasteiger partial charge in [-0.3, -0.25) is 10.2 Å². The molecular weight excluding hydrogens is 363 g/mol. The summed E-state index contributed by atoms with van der Waals surface area (Å²) in [5, 5.41) is 0. The zero-order chi connectivity index (χ0) is 15.5. The number of benzene rings is 2. The first kappa shape index (κ1) is 15.6. The van der Waals surface area contributed by atoms with Crippen LogP contribution in [0.5, 0.6) is 0 Å². The quantitative estimate of drug-likeness (QED) is 0.807. The minimum atomic E-state index is -3.88. The van der Waals surface area contributed by atoms with Gasteiger partial charge in [-0.05, 0) is 42.5 Å². The predicted molar refractivity (Wildman–Crippen MR) is 78.3 cm³/mol. The Bertz CT molecular complexity index is 763. The number of hydrazine groups is 1. The van der Waals surface area contributed by atoms with Gasteiger partial charge in [0.2, 0.25) is 0 Å².